The van der Waals surface area contributed by atoms with Crippen molar-refractivity contribution < 1.29 is 14.4 Å². The number of carbonyl (C=O) groups is 3. The van der Waals surface area contributed by atoms with Crippen molar-refractivity contribution >= 4 is 53.8 Å². The molecule has 0 radical (unpaired) electrons. The van der Waals surface area contributed by atoms with Gasteiger partial charge < -0.3 is 0 Å². The van der Waals surface area contributed by atoms with Gasteiger partial charge in [-0.25, -0.2) is 0 Å². The van der Waals surface area contributed by atoms with Crippen LogP contribution < -0.4 is 0 Å². The molecule has 0 aliphatic carbocycles. The Hall–Kier alpha value is -8.01. The summed E-state index contributed by atoms with van der Waals surface area (Å²) in [6, 6.07) is 68.9. The van der Waals surface area contributed by atoms with Gasteiger partial charge in [-0.1, -0.05) is 254 Å². The number of hydrogen-bond acceptors (Lipinski definition) is 3. The standard InChI is InChI=1S/3C17H14O.C7H8/c3*18-17(13-11-15-7-3-1-4-8-15)14-12-16-9-5-2-6-10-16;1-7-5-3-2-4-6-7/h3*1-14H;2-6H,1H3. The van der Waals surface area contributed by atoms with E-state index in [1.54, 1.807) is 36.5 Å². The molecular weight excluding hydrogens is 745 g/mol. The first kappa shape index (κ1) is 45.7. The lowest BCUT2D eigenvalue weighted by molar-refractivity contribution is -0.111. The molecule has 0 fully saturated rings. The van der Waals surface area contributed by atoms with E-state index in [4.69, 9.17) is 0 Å². The van der Waals surface area contributed by atoms with Crippen molar-refractivity contribution in [1.29, 1.82) is 0 Å². The van der Waals surface area contributed by atoms with Gasteiger partial charge in [-0.05, 0) is 76.8 Å². The molecule has 0 bridgehead atoms. The molecule has 0 atom stereocenters. The van der Waals surface area contributed by atoms with E-state index >= 15 is 0 Å². The van der Waals surface area contributed by atoms with Gasteiger partial charge in [0.25, 0.3) is 0 Å². The molecule has 0 aliphatic heterocycles. The Labute approximate surface area is 361 Å². The normalized spacial score (nSPS) is 10.8. The minimum Gasteiger partial charge on any atom is -0.290 e. The summed E-state index contributed by atoms with van der Waals surface area (Å²) >= 11 is 0. The predicted molar refractivity (Wildman–Crippen MR) is 259 cm³/mol. The molecule has 0 aliphatic rings. The van der Waals surface area contributed by atoms with Crippen molar-refractivity contribution in [3.05, 3.63) is 288 Å². The zero-order chi connectivity index (χ0) is 43.0. The summed E-state index contributed by atoms with van der Waals surface area (Å²) in [5, 5.41) is 0. The van der Waals surface area contributed by atoms with E-state index in [0.717, 1.165) is 33.4 Å². The molecule has 0 saturated heterocycles. The molecule has 0 saturated carbocycles. The molecule has 7 aromatic rings. The molecular formula is C58H50O3. The fraction of sp³-hybridized carbons (Fsp3) is 0.0172. The Morgan fingerprint density at radius 2 is 0.393 bits per heavy atom. The molecule has 7 rings (SSSR count). The summed E-state index contributed by atoms with van der Waals surface area (Å²) < 4.78 is 0. The van der Waals surface area contributed by atoms with Crippen LogP contribution in [0.1, 0.15) is 38.9 Å². The van der Waals surface area contributed by atoms with Gasteiger partial charge in [-0.15, -0.1) is 0 Å². The van der Waals surface area contributed by atoms with Crippen LogP contribution in [0.4, 0.5) is 0 Å². The Bertz CT molecular complexity index is 2060. The average Bonchev–Trinajstić information content (AvgIpc) is 3.33. The Kier molecular flexibility index (Phi) is 21.3. The summed E-state index contributed by atoms with van der Waals surface area (Å²) in [5.74, 6) is -0.0341. The summed E-state index contributed by atoms with van der Waals surface area (Å²) in [5.41, 5.74) is 7.48. The fourth-order valence-electron chi connectivity index (χ4n) is 5.16. The van der Waals surface area contributed by atoms with Crippen LogP contribution in [0.2, 0.25) is 0 Å². The van der Waals surface area contributed by atoms with Crippen molar-refractivity contribution in [1.82, 2.24) is 0 Å². The number of ketones is 3. The zero-order valence-electron chi connectivity index (χ0n) is 34.4. The topological polar surface area (TPSA) is 51.2 Å². The lowest BCUT2D eigenvalue weighted by Crippen LogP contribution is -1.84. The van der Waals surface area contributed by atoms with Gasteiger partial charge in [0.2, 0.25) is 0 Å². The average molecular weight is 795 g/mol. The van der Waals surface area contributed by atoms with Crippen LogP contribution in [0.15, 0.2) is 249 Å². The molecule has 0 unspecified atom stereocenters. The largest absolute Gasteiger partial charge is 0.290 e. The highest BCUT2D eigenvalue weighted by molar-refractivity contribution is 6.05. The summed E-state index contributed by atoms with van der Waals surface area (Å²) in [4.78, 5) is 34.8. The quantitative estimate of drug-likeness (QED) is 0.116. The lowest BCUT2D eigenvalue weighted by Gasteiger charge is -1.91. The number of carbonyl (C=O) groups excluding carboxylic acids is 3. The van der Waals surface area contributed by atoms with Gasteiger partial charge in [0.1, 0.15) is 0 Å². The second kappa shape index (κ2) is 28.4. The van der Waals surface area contributed by atoms with Gasteiger partial charge in [0, 0.05) is 0 Å². The van der Waals surface area contributed by atoms with Crippen LogP contribution in [0.3, 0.4) is 0 Å². The van der Waals surface area contributed by atoms with Crippen LogP contribution in [0.5, 0.6) is 0 Å². The highest BCUT2D eigenvalue weighted by Gasteiger charge is 1.93. The third-order valence-electron chi connectivity index (χ3n) is 8.38. The maximum atomic E-state index is 11.6. The molecule has 0 heterocycles. The SMILES string of the molecule is Cc1ccccc1.O=C(C=Cc1ccccc1)C=Cc1ccccc1.O=C(C=Cc1ccccc1)C=Cc1ccccc1.O=C(C=Cc1ccccc1)C=Cc1ccccc1. The van der Waals surface area contributed by atoms with Crippen molar-refractivity contribution in [2.24, 2.45) is 0 Å². The maximum absolute atomic E-state index is 11.6. The molecule has 61 heavy (non-hydrogen) atoms. The Balaban J connectivity index is 0.000000186. The third-order valence-corrected chi connectivity index (χ3v) is 8.38. The van der Waals surface area contributed by atoms with E-state index in [9.17, 15) is 14.4 Å². The van der Waals surface area contributed by atoms with Crippen molar-refractivity contribution in [3.63, 3.8) is 0 Å². The van der Waals surface area contributed by atoms with Gasteiger partial charge in [0.15, 0.2) is 17.3 Å². The van der Waals surface area contributed by atoms with E-state index in [1.807, 2.05) is 237 Å². The minimum absolute atomic E-state index is 0.0114. The molecule has 300 valence electrons. The number of rotatable bonds is 12. The second-order valence-electron chi connectivity index (χ2n) is 13.3. The Morgan fingerprint density at radius 1 is 0.246 bits per heavy atom. The maximum Gasteiger partial charge on any atom is 0.178 e. The van der Waals surface area contributed by atoms with Crippen molar-refractivity contribution in [2.75, 3.05) is 0 Å². The van der Waals surface area contributed by atoms with Crippen molar-refractivity contribution in [2.45, 2.75) is 6.92 Å². The summed E-state index contributed by atoms with van der Waals surface area (Å²) in [7, 11) is 0. The number of allylic oxidation sites excluding steroid dienone is 6. The molecule has 0 amide bonds. The van der Waals surface area contributed by atoms with Crippen molar-refractivity contribution in [3.8, 4) is 0 Å². The minimum atomic E-state index is -0.0114. The monoisotopic (exact) mass is 794 g/mol. The Morgan fingerprint density at radius 3 is 0.525 bits per heavy atom. The van der Waals surface area contributed by atoms with E-state index in [0.29, 0.717) is 0 Å². The van der Waals surface area contributed by atoms with Crippen LogP contribution in [-0.4, -0.2) is 17.3 Å². The van der Waals surface area contributed by atoms with Gasteiger partial charge >= 0.3 is 0 Å². The molecule has 3 nitrogen and oxygen atoms in total. The van der Waals surface area contributed by atoms with E-state index in [-0.39, 0.29) is 17.3 Å². The third kappa shape index (κ3) is 21.4. The highest BCUT2D eigenvalue weighted by Crippen LogP contribution is 2.07. The van der Waals surface area contributed by atoms with Crippen LogP contribution in [0, 0.1) is 6.92 Å². The molecule has 0 spiro atoms. The van der Waals surface area contributed by atoms with E-state index < -0.39 is 0 Å². The number of aryl methyl sites for hydroxylation is 1. The van der Waals surface area contributed by atoms with Crippen LogP contribution in [-0.2, 0) is 14.4 Å². The number of hydrogen-bond donors (Lipinski definition) is 0. The molecule has 3 heteroatoms. The first-order valence-electron chi connectivity index (χ1n) is 20.0. The van der Waals surface area contributed by atoms with Gasteiger partial charge in [-0.2, -0.15) is 0 Å². The molecule has 0 aromatic heterocycles. The fourth-order valence-corrected chi connectivity index (χ4v) is 5.16. The first-order chi connectivity index (χ1) is 29.9. The highest BCUT2D eigenvalue weighted by atomic mass is 16.1. The number of benzene rings is 7. The van der Waals surface area contributed by atoms with E-state index in [2.05, 4.69) is 19.1 Å². The summed E-state index contributed by atoms with van der Waals surface area (Å²) in [6.45, 7) is 2.08. The van der Waals surface area contributed by atoms with Gasteiger partial charge in [0.05, 0.1) is 0 Å². The van der Waals surface area contributed by atoms with E-state index in [1.165, 1.54) is 5.56 Å². The first-order valence-corrected chi connectivity index (χ1v) is 20.0. The lowest BCUT2D eigenvalue weighted by atomic mass is 10.1. The molecule has 0 N–H and O–H groups in total. The smallest absolute Gasteiger partial charge is 0.178 e. The predicted octanol–water partition coefficient (Wildman–Crippen LogP) is 13.9. The van der Waals surface area contributed by atoms with Crippen LogP contribution in [0.25, 0.3) is 36.5 Å². The second-order valence-corrected chi connectivity index (χ2v) is 13.3. The molecule has 7 aromatic carbocycles. The van der Waals surface area contributed by atoms with Gasteiger partial charge in [-0.3, -0.25) is 14.4 Å². The zero-order valence-corrected chi connectivity index (χ0v) is 34.4. The van der Waals surface area contributed by atoms with Crippen LogP contribution >= 0.6 is 0 Å². The summed E-state index contributed by atoms with van der Waals surface area (Å²) in [6.07, 6.45) is 20.4.